The van der Waals surface area contributed by atoms with Gasteiger partial charge in [0.2, 0.25) is 0 Å². The van der Waals surface area contributed by atoms with E-state index in [0.717, 1.165) is 16.8 Å². The summed E-state index contributed by atoms with van der Waals surface area (Å²) in [4.78, 5) is 0. The Morgan fingerprint density at radius 3 is 2.18 bits per heavy atom. The Bertz CT molecular complexity index is 541. The van der Waals surface area contributed by atoms with Gasteiger partial charge in [-0.2, -0.15) is 0 Å². The zero-order chi connectivity index (χ0) is 12.3. The highest BCUT2D eigenvalue weighted by molar-refractivity contribution is 5.85. The highest BCUT2D eigenvalue weighted by Gasteiger charge is 2.08. The van der Waals surface area contributed by atoms with Gasteiger partial charge in [0.15, 0.2) is 0 Å². The summed E-state index contributed by atoms with van der Waals surface area (Å²) in [6, 6.07) is 16.6. The van der Waals surface area contributed by atoms with Crippen molar-refractivity contribution < 1.29 is 0 Å². The summed E-state index contributed by atoms with van der Waals surface area (Å²) in [7, 11) is 1.93. The van der Waals surface area contributed by atoms with E-state index < -0.39 is 0 Å². The summed E-state index contributed by atoms with van der Waals surface area (Å²) in [5, 5.41) is 3.20. The minimum atomic E-state index is 1.06. The Kier molecular flexibility index (Phi) is 3.29. The first kappa shape index (κ1) is 11.5. The second-order valence-electron chi connectivity index (χ2n) is 4.09. The quantitative estimate of drug-likeness (QED) is 0.826. The summed E-state index contributed by atoms with van der Waals surface area (Å²) in [6.45, 7) is 6.34. The molecule has 2 rings (SSSR count). The van der Waals surface area contributed by atoms with Crippen LogP contribution in [0.15, 0.2) is 55.1 Å². The zero-order valence-corrected chi connectivity index (χ0v) is 10.3. The third-order valence-electron chi connectivity index (χ3n) is 2.99. The lowest BCUT2D eigenvalue weighted by Gasteiger charge is -2.13. The van der Waals surface area contributed by atoms with Crippen molar-refractivity contribution in [3.05, 3.63) is 71.8 Å². The topological polar surface area (TPSA) is 12.0 Å². The van der Waals surface area contributed by atoms with Gasteiger partial charge in [-0.25, -0.2) is 0 Å². The second kappa shape index (κ2) is 4.88. The number of para-hydroxylation sites is 1. The Hall–Kier alpha value is -2.02. The minimum absolute atomic E-state index is 1.06. The smallest absolute Gasteiger partial charge is 0.0417 e. The van der Waals surface area contributed by atoms with E-state index in [1.165, 1.54) is 11.1 Å². The summed E-state index contributed by atoms with van der Waals surface area (Å²) in [6.07, 6.45) is 0. The van der Waals surface area contributed by atoms with E-state index >= 15 is 0 Å². The number of hydrogen-bond donors (Lipinski definition) is 1. The molecule has 0 saturated heterocycles. The van der Waals surface area contributed by atoms with Crippen LogP contribution >= 0.6 is 0 Å². The predicted molar refractivity (Wildman–Crippen MR) is 75.3 cm³/mol. The van der Waals surface area contributed by atoms with Crippen LogP contribution < -0.4 is 5.32 Å². The number of benzene rings is 2. The van der Waals surface area contributed by atoms with Crippen LogP contribution in [0.4, 0.5) is 5.69 Å². The van der Waals surface area contributed by atoms with Crippen molar-refractivity contribution in [2.75, 3.05) is 12.4 Å². The minimum Gasteiger partial charge on any atom is -0.388 e. The summed E-state index contributed by atoms with van der Waals surface area (Å²) in [5.41, 5.74) is 5.79. The molecule has 17 heavy (non-hydrogen) atoms. The molecule has 86 valence electrons. The van der Waals surface area contributed by atoms with E-state index in [1.54, 1.807) is 0 Å². The Morgan fingerprint density at radius 1 is 0.941 bits per heavy atom. The molecule has 0 heterocycles. The van der Waals surface area contributed by atoms with E-state index in [0.29, 0.717) is 0 Å². The third-order valence-corrected chi connectivity index (χ3v) is 2.99. The first-order valence-corrected chi connectivity index (χ1v) is 5.76. The molecule has 0 spiro atoms. The zero-order valence-electron chi connectivity index (χ0n) is 10.3. The molecular weight excluding hydrogens is 206 g/mol. The molecule has 0 amide bonds. The number of hydrogen-bond acceptors (Lipinski definition) is 1. The van der Waals surface area contributed by atoms with Gasteiger partial charge in [-0.15, -0.1) is 0 Å². The molecule has 0 aliphatic rings. The summed E-state index contributed by atoms with van der Waals surface area (Å²) < 4.78 is 0. The number of nitrogens with one attached hydrogen (secondary N) is 1. The molecule has 1 nitrogen and oxygen atoms in total. The van der Waals surface area contributed by atoms with Gasteiger partial charge in [-0.1, -0.05) is 49.0 Å². The van der Waals surface area contributed by atoms with Gasteiger partial charge in [0.05, 0.1) is 0 Å². The maximum absolute atomic E-state index is 4.22. The summed E-state index contributed by atoms with van der Waals surface area (Å²) >= 11 is 0. The molecule has 2 aromatic rings. The van der Waals surface area contributed by atoms with Crippen LogP contribution in [0.5, 0.6) is 0 Å². The van der Waals surface area contributed by atoms with Gasteiger partial charge in [0, 0.05) is 18.3 Å². The molecule has 0 aliphatic heterocycles. The fraction of sp³-hybridized carbons (Fsp3) is 0.125. The van der Waals surface area contributed by atoms with Crippen LogP contribution in [0.3, 0.4) is 0 Å². The average Bonchev–Trinajstić information content (AvgIpc) is 2.38. The summed E-state index contributed by atoms with van der Waals surface area (Å²) in [5.74, 6) is 0. The van der Waals surface area contributed by atoms with Gasteiger partial charge < -0.3 is 5.32 Å². The highest BCUT2D eigenvalue weighted by atomic mass is 14.8. The molecule has 2 aromatic carbocycles. The predicted octanol–water partition coefficient (Wildman–Crippen LogP) is 4.10. The molecule has 0 aliphatic carbocycles. The van der Waals surface area contributed by atoms with Crippen molar-refractivity contribution in [3.8, 4) is 0 Å². The van der Waals surface area contributed by atoms with Gasteiger partial charge in [-0.05, 0) is 29.7 Å². The first-order chi connectivity index (χ1) is 8.24. The highest BCUT2D eigenvalue weighted by Crippen LogP contribution is 2.29. The number of rotatable bonds is 3. The van der Waals surface area contributed by atoms with Crippen LogP contribution in [0.1, 0.15) is 16.7 Å². The molecule has 0 radical (unpaired) electrons. The maximum Gasteiger partial charge on any atom is 0.0417 e. The van der Waals surface area contributed by atoms with Crippen molar-refractivity contribution in [1.29, 1.82) is 0 Å². The van der Waals surface area contributed by atoms with E-state index in [9.17, 15) is 0 Å². The lowest BCUT2D eigenvalue weighted by Crippen LogP contribution is -1.96. The molecular formula is C16H17N. The van der Waals surface area contributed by atoms with Crippen LogP contribution in [-0.4, -0.2) is 7.05 Å². The van der Waals surface area contributed by atoms with E-state index in [4.69, 9.17) is 0 Å². The molecule has 0 aromatic heterocycles. The van der Waals surface area contributed by atoms with Crippen LogP contribution in [-0.2, 0) is 0 Å². The largest absolute Gasteiger partial charge is 0.388 e. The van der Waals surface area contributed by atoms with E-state index in [2.05, 4.69) is 55.2 Å². The molecule has 0 saturated carbocycles. The van der Waals surface area contributed by atoms with Crippen molar-refractivity contribution in [2.45, 2.75) is 6.92 Å². The van der Waals surface area contributed by atoms with Crippen LogP contribution in [0.2, 0.25) is 0 Å². The molecule has 0 bridgehead atoms. The van der Waals surface area contributed by atoms with Crippen molar-refractivity contribution >= 4 is 11.3 Å². The fourth-order valence-corrected chi connectivity index (χ4v) is 2.02. The number of anilines is 1. The SMILES string of the molecule is C=C(c1ccccc1C)c1ccccc1NC. The third kappa shape index (κ3) is 2.23. The monoisotopic (exact) mass is 223 g/mol. The van der Waals surface area contributed by atoms with E-state index in [1.807, 2.05) is 19.2 Å². The second-order valence-corrected chi connectivity index (χ2v) is 4.09. The molecule has 0 fully saturated rings. The van der Waals surface area contributed by atoms with Crippen molar-refractivity contribution in [3.63, 3.8) is 0 Å². The van der Waals surface area contributed by atoms with E-state index in [-0.39, 0.29) is 0 Å². The Balaban J connectivity index is 2.48. The number of aryl methyl sites for hydroxylation is 1. The Labute approximate surface area is 103 Å². The molecule has 0 unspecified atom stereocenters. The van der Waals surface area contributed by atoms with Gasteiger partial charge in [0.25, 0.3) is 0 Å². The van der Waals surface area contributed by atoms with Gasteiger partial charge in [0.1, 0.15) is 0 Å². The Morgan fingerprint density at radius 2 is 1.53 bits per heavy atom. The van der Waals surface area contributed by atoms with Crippen LogP contribution in [0, 0.1) is 6.92 Å². The lowest BCUT2D eigenvalue weighted by molar-refractivity contribution is 1.41. The lowest BCUT2D eigenvalue weighted by atomic mass is 9.95. The normalized spacial score (nSPS) is 10.0. The van der Waals surface area contributed by atoms with Crippen molar-refractivity contribution in [1.82, 2.24) is 0 Å². The standard InChI is InChI=1S/C16H17N/c1-12-8-4-5-9-14(12)13(2)15-10-6-7-11-16(15)17-3/h4-11,17H,2H2,1,3H3. The van der Waals surface area contributed by atoms with Crippen LogP contribution in [0.25, 0.3) is 5.57 Å². The molecule has 1 heteroatoms. The van der Waals surface area contributed by atoms with Gasteiger partial charge in [-0.3, -0.25) is 0 Å². The molecule has 0 atom stereocenters. The van der Waals surface area contributed by atoms with Gasteiger partial charge >= 0.3 is 0 Å². The molecule has 1 N–H and O–H groups in total. The first-order valence-electron chi connectivity index (χ1n) is 5.76. The maximum atomic E-state index is 4.22. The van der Waals surface area contributed by atoms with Crippen molar-refractivity contribution in [2.24, 2.45) is 0 Å². The average molecular weight is 223 g/mol. The fourth-order valence-electron chi connectivity index (χ4n) is 2.02.